The van der Waals surface area contributed by atoms with Gasteiger partial charge in [-0.25, -0.2) is 0 Å². The molecule has 4 aliphatic carbocycles. The fraction of sp³-hybridized carbons (Fsp3) is 0.583. The van der Waals surface area contributed by atoms with Gasteiger partial charge in [-0.15, -0.1) is 0 Å². The first-order valence-electron chi connectivity index (χ1n) is 15.9. The number of carbonyl (C=O) groups excluding carboxylic acids is 3. The second kappa shape index (κ2) is 11.2. The molecule has 5 nitrogen and oxygen atoms in total. The number of hydrogen-bond donors (Lipinski definition) is 0. The second-order valence-electron chi connectivity index (χ2n) is 13.7. The summed E-state index contributed by atoms with van der Waals surface area (Å²) in [5.41, 5.74) is 3.36. The first kappa shape index (κ1) is 30.7. The van der Waals surface area contributed by atoms with Gasteiger partial charge in [-0.3, -0.25) is 14.4 Å². The van der Waals surface area contributed by atoms with Crippen LogP contribution >= 0.6 is 0 Å². The van der Waals surface area contributed by atoms with Gasteiger partial charge in [-0.2, -0.15) is 13.2 Å². The van der Waals surface area contributed by atoms with Gasteiger partial charge in [0.15, 0.2) is 18.2 Å². The molecule has 3 fully saturated rings. The molecule has 6 atom stereocenters. The highest BCUT2D eigenvalue weighted by Crippen LogP contribution is 2.70. The van der Waals surface area contributed by atoms with Gasteiger partial charge in [0.1, 0.15) is 0 Å². The first-order chi connectivity index (χ1) is 20.8. The van der Waals surface area contributed by atoms with Crippen LogP contribution < -0.4 is 4.90 Å². The number of nitrogens with zero attached hydrogens (tertiary/aromatic N) is 1. The number of anilines is 1. The Labute approximate surface area is 257 Å². The Morgan fingerprint density at radius 3 is 2.48 bits per heavy atom. The molecule has 1 aromatic rings. The number of esters is 1. The summed E-state index contributed by atoms with van der Waals surface area (Å²) < 4.78 is 46.0. The van der Waals surface area contributed by atoms with Crippen molar-refractivity contribution in [3.63, 3.8) is 0 Å². The van der Waals surface area contributed by atoms with Crippen molar-refractivity contribution in [3.05, 3.63) is 52.6 Å². The smallest absolute Gasteiger partial charge is 0.457 e. The molecular formula is C36H40F3NO4. The Balaban J connectivity index is 1.50. The number of Topliss-reactive ketones (excluding diaryl/α,β-unsaturated/α-hetero) is 1. The van der Waals surface area contributed by atoms with Gasteiger partial charge in [-0.05, 0) is 103 Å². The van der Waals surface area contributed by atoms with Crippen LogP contribution in [0.5, 0.6) is 0 Å². The number of ether oxygens (including phenoxy) is 1. The standard InChI is InChI=1S/C36H40F3NO4/c1-22-18-29-31-12-13-35(14-15-36(37,38)39,32(43)21-44-23(2)41)34(31,3)20-30(33(29)27-11-10-26(42)19-28(22)27)24-6-8-25(9-7-24)40-16-4-5-17-40/h6-9,19,22,29-31H,4-5,10-13,16-18,20-21H2,1-3H3/t22?,29-,30+,31-,34-,35-/m0/s1. The summed E-state index contributed by atoms with van der Waals surface area (Å²) in [4.78, 5) is 40.5. The number of halogens is 3. The minimum atomic E-state index is -4.76. The van der Waals surface area contributed by atoms with E-state index < -0.39 is 35.4 Å². The number of fused-ring (bicyclic) bond motifs is 4. The van der Waals surface area contributed by atoms with E-state index in [9.17, 15) is 27.6 Å². The third-order valence-electron chi connectivity index (χ3n) is 11.4. The molecule has 1 unspecified atom stereocenters. The lowest BCUT2D eigenvalue weighted by Crippen LogP contribution is -2.52. The van der Waals surface area contributed by atoms with Crippen LogP contribution in [0.15, 0.2) is 47.1 Å². The number of benzene rings is 1. The van der Waals surface area contributed by atoms with Crippen LogP contribution in [0.1, 0.15) is 83.6 Å². The summed E-state index contributed by atoms with van der Waals surface area (Å²) in [5, 5.41) is 0. The molecule has 234 valence electrons. The van der Waals surface area contributed by atoms with Crippen molar-refractivity contribution in [3.8, 4) is 11.8 Å². The van der Waals surface area contributed by atoms with E-state index in [0.29, 0.717) is 25.7 Å². The van der Waals surface area contributed by atoms with E-state index in [-0.39, 0.29) is 35.9 Å². The molecule has 0 N–H and O–H groups in total. The molecule has 1 aliphatic heterocycles. The van der Waals surface area contributed by atoms with Crippen LogP contribution in [0.4, 0.5) is 18.9 Å². The van der Waals surface area contributed by atoms with Crippen LogP contribution in [0, 0.1) is 40.4 Å². The van der Waals surface area contributed by atoms with E-state index in [1.807, 2.05) is 13.0 Å². The van der Waals surface area contributed by atoms with Crippen LogP contribution in [0.3, 0.4) is 0 Å². The molecule has 5 aliphatic rings. The lowest BCUT2D eigenvalue weighted by atomic mass is 9.47. The molecule has 0 aromatic heterocycles. The van der Waals surface area contributed by atoms with E-state index in [1.165, 1.54) is 24.0 Å². The van der Waals surface area contributed by atoms with Gasteiger partial charge < -0.3 is 9.64 Å². The SMILES string of the molecule is CC(=O)OCC(=O)[C@@]1(C#CC(F)(F)F)CC[C@H]2[C@@H]3CC(C)C4=CC(=O)CCC4=C3[C@@H](c3ccc(N4CCCC4)cc3)C[C@@]21C. The molecule has 8 heteroatoms. The van der Waals surface area contributed by atoms with Crippen LogP contribution in [0.25, 0.3) is 0 Å². The number of alkyl halides is 3. The highest BCUT2D eigenvalue weighted by Gasteiger charge is 2.66. The second-order valence-corrected chi connectivity index (χ2v) is 13.7. The monoisotopic (exact) mass is 607 g/mol. The zero-order chi connectivity index (χ0) is 31.4. The molecule has 1 saturated heterocycles. The summed E-state index contributed by atoms with van der Waals surface area (Å²) in [7, 11) is 0. The van der Waals surface area contributed by atoms with Crippen molar-refractivity contribution in [2.45, 2.75) is 84.2 Å². The fourth-order valence-corrected chi connectivity index (χ4v) is 9.37. The molecule has 1 heterocycles. The Morgan fingerprint density at radius 1 is 1.11 bits per heavy atom. The van der Waals surface area contributed by atoms with Gasteiger partial charge in [0, 0.05) is 44.0 Å². The van der Waals surface area contributed by atoms with Crippen LogP contribution in [-0.2, 0) is 19.1 Å². The Bertz CT molecular complexity index is 1490. The minimum absolute atomic E-state index is 0.0449. The maximum atomic E-state index is 14.0. The zero-order valence-corrected chi connectivity index (χ0v) is 25.7. The Hall–Kier alpha value is -3.34. The quantitative estimate of drug-likeness (QED) is 0.264. The van der Waals surface area contributed by atoms with Crippen molar-refractivity contribution in [2.24, 2.45) is 28.6 Å². The lowest BCUT2D eigenvalue weighted by molar-refractivity contribution is -0.150. The van der Waals surface area contributed by atoms with E-state index in [1.54, 1.807) is 0 Å². The maximum Gasteiger partial charge on any atom is 0.457 e. The summed E-state index contributed by atoms with van der Waals surface area (Å²) in [6.07, 6.45) is 2.45. The number of ketones is 2. The molecule has 2 saturated carbocycles. The summed E-state index contributed by atoms with van der Waals surface area (Å²) in [6, 6.07) is 8.56. The number of carbonyl (C=O) groups is 3. The Kier molecular flexibility index (Phi) is 7.83. The van der Waals surface area contributed by atoms with Gasteiger partial charge in [-0.1, -0.05) is 37.5 Å². The fourth-order valence-electron chi connectivity index (χ4n) is 9.37. The van der Waals surface area contributed by atoms with Gasteiger partial charge in [0.05, 0.1) is 5.41 Å². The highest BCUT2D eigenvalue weighted by molar-refractivity contribution is 5.93. The Morgan fingerprint density at radius 2 is 1.82 bits per heavy atom. The topological polar surface area (TPSA) is 63.7 Å². The predicted octanol–water partition coefficient (Wildman–Crippen LogP) is 7.12. The van der Waals surface area contributed by atoms with E-state index in [2.05, 4.69) is 42.0 Å². The lowest BCUT2D eigenvalue weighted by Gasteiger charge is -2.55. The van der Waals surface area contributed by atoms with Crippen molar-refractivity contribution in [1.82, 2.24) is 0 Å². The number of allylic oxidation sites excluding steroid dienone is 4. The minimum Gasteiger partial charge on any atom is -0.458 e. The molecular weight excluding hydrogens is 567 g/mol. The normalized spacial score (nSPS) is 33.1. The zero-order valence-electron chi connectivity index (χ0n) is 25.7. The number of rotatable bonds is 5. The van der Waals surface area contributed by atoms with Gasteiger partial charge in [0.25, 0.3) is 0 Å². The molecule has 0 radical (unpaired) electrons. The van der Waals surface area contributed by atoms with Gasteiger partial charge in [0.2, 0.25) is 0 Å². The third-order valence-corrected chi connectivity index (χ3v) is 11.4. The van der Waals surface area contributed by atoms with Crippen LogP contribution in [0.2, 0.25) is 0 Å². The molecule has 6 rings (SSSR count). The molecule has 0 spiro atoms. The molecule has 0 amide bonds. The maximum absolute atomic E-state index is 14.0. The van der Waals surface area contributed by atoms with Crippen LogP contribution in [-0.4, -0.2) is 43.4 Å². The summed E-state index contributed by atoms with van der Waals surface area (Å²) in [5.74, 6) is 2.85. The van der Waals surface area contributed by atoms with E-state index in [0.717, 1.165) is 49.2 Å². The molecule has 44 heavy (non-hydrogen) atoms. The van der Waals surface area contributed by atoms with Crippen molar-refractivity contribution < 1.29 is 32.3 Å². The average Bonchev–Trinajstić information content (AvgIpc) is 3.61. The van der Waals surface area contributed by atoms with Crippen molar-refractivity contribution in [2.75, 3.05) is 24.6 Å². The summed E-state index contributed by atoms with van der Waals surface area (Å²) >= 11 is 0. The van der Waals surface area contributed by atoms with Crippen molar-refractivity contribution >= 4 is 23.2 Å². The highest BCUT2D eigenvalue weighted by atomic mass is 19.4. The largest absolute Gasteiger partial charge is 0.458 e. The first-order valence-corrected chi connectivity index (χ1v) is 15.9. The molecule has 0 bridgehead atoms. The van der Waals surface area contributed by atoms with E-state index in [4.69, 9.17) is 4.74 Å². The van der Waals surface area contributed by atoms with Gasteiger partial charge >= 0.3 is 12.1 Å². The van der Waals surface area contributed by atoms with Crippen molar-refractivity contribution in [1.29, 1.82) is 0 Å². The predicted molar refractivity (Wildman–Crippen MR) is 161 cm³/mol. The third kappa shape index (κ3) is 5.20. The molecule has 1 aromatic carbocycles. The summed E-state index contributed by atoms with van der Waals surface area (Å²) in [6.45, 7) is 6.71. The average molecular weight is 608 g/mol. The van der Waals surface area contributed by atoms with E-state index >= 15 is 0 Å². The number of hydrogen-bond acceptors (Lipinski definition) is 5.